The summed E-state index contributed by atoms with van der Waals surface area (Å²) < 4.78 is 54.3. The molecule has 214 valence electrons. The molecular formula is C24H19F4N7O6. The van der Waals surface area contributed by atoms with Crippen LogP contribution in [0.1, 0.15) is 5.56 Å². The van der Waals surface area contributed by atoms with E-state index in [1.165, 1.54) is 12.3 Å². The minimum absolute atomic E-state index is 0.0350. The Morgan fingerprint density at radius 1 is 0.951 bits per heavy atom. The van der Waals surface area contributed by atoms with Crippen LogP contribution in [0.15, 0.2) is 73.1 Å². The number of rotatable bonds is 8. The third-order valence-corrected chi connectivity index (χ3v) is 5.21. The van der Waals surface area contributed by atoms with E-state index >= 15 is 0 Å². The van der Waals surface area contributed by atoms with E-state index in [0.29, 0.717) is 10.8 Å². The Morgan fingerprint density at radius 3 is 2.27 bits per heavy atom. The number of carbonyl (C=O) groups is 1. The normalized spacial score (nSPS) is 11.6. The lowest BCUT2D eigenvalue weighted by Gasteiger charge is -2.15. The summed E-state index contributed by atoms with van der Waals surface area (Å²) in [6.07, 6.45) is -4.11. The summed E-state index contributed by atoms with van der Waals surface area (Å²) in [7, 11) is 0. The molecule has 2 aromatic carbocycles. The highest BCUT2D eigenvalue weighted by molar-refractivity contribution is 5.99. The minimum atomic E-state index is -4.58. The number of carbonyl (C=O) groups excluding carboxylic acids is 1. The molecule has 4 aromatic rings. The van der Waals surface area contributed by atoms with Gasteiger partial charge in [-0.25, -0.2) is 9.37 Å². The van der Waals surface area contributed by atoms with E-state index in [1.807, 2.05) is 0 Å². The summed E-state index contributed by atoms with van der Waals surface area (Å²) in [5.74, 6) is -3.26. The lowest BCUT2D eigenvalue weighted by Crippen LogP contribution is -2.32. The Morgan fingerprint density at radius 2 is 1.66 bits per heavy atom. The van der Waals surface area contributed by atoms with Gasteiger partial charge in [0.1, 0.15) is 11.6 Å². The van der Waals surface area contributed by atoms with Crippen LogP contribution < -0.4 is 16.0 Å². The average Bonchev–Trinajstić information content (AvgIpc) is 3.35. The Balaban J connectivity index is 1.72. The smallest absolute Gasteiger partial charge is 0.416 e. The van der Waals surface area contributed by atoms with Gasteiger partial charge in [0.15, 0.2) is 0 Å². The van der Waals surface area contributed by atoms with Crippen molar-refractivity contribution in [3.63, 3.8) is 0 Å². The Labute approximate surface area is 226 Å². The number of alkyl halides is 3. The van der Waals surface area contributed by atoms with Gasteiger partial charge in [0.05, 0.1) is 35.4 Å². The number of aromatic nitrogens is 4. The van der Waals surface area contributed by atoms with Crippen LogP contribution >= 0.6 is 0 Å². The number of aliphatic hydroxyl groups is 5. The first kappa shape index (κ1) is 28.7. The number of halogens is 4. The predicted molar refractivity (Wildman–Crippen MR) is 134 cm³/mol. The topological polar surface area (TPSA) is 198 Å². The Hall–Kier alpha value is -5.26. The van der Waals surface area contributed by atoms with Gasteiger partial charge in [-0.15, -0.1) is 0 Å². The number of hydrogen-bond donors (Lipinski definition) is 8. The van der Waals surface area contributed by atoms with Crippen molar-refractivity contribution < 1.29 is 47.9 Å². The fraction of sp³-hybridized carbons (Fsp3) is 0.0833. The summed E-state index contributed by atoms with van der Waals surface area (Å²) in [6.45, 7) is 0. The van der Waals surface area contributed by atoms with E-state index in [1.54, 1.807) is 0 Å². The average molecular weight is 577 g/mol. The first-order valence-corrected chi connectivity index (χ1v) is 11.2. The van der Waals surface area contributed by atoms with E-state index < -0.39 is 35.5 Å². The van der Waals surface area contributed by atoms with Crippen molar-refractivity contribution in [1.29, 1.82) is 0 Å². The molecule has 2 aromatic heterocycles. The summed E-state index contributed by atoms with van der Waals surface area (Å²) >= 11 is 0. The van der Waals surface area contributed by atoms with Gasteiger partial charge in [0, 0.05) is 17.4 Å². The number of hydrogen-bond acceptors (Lipinski definition) is 11. The van der Waals surface area contributed by atoms with E-state index in [9.17, 15) is 37.7 Å². The predicted octanol–water partition coefficient (Wildman–Crippen LogP) is 3.43. The second-order valence-electron chi connectivity index (χ2n) is 8.24. The lowest BCUT2D eigenvalue weighted by atomic mass is 10.1. The lowest BCUT2D eigenvalue weighted by molar-refractivity contribution is -0.380. The second kappa shape index (κ2) is 11.1. The fourth-order valence-electron chi connectivity index (χ4n) is 3.39. The van der Waals surface area contributed by atoms with Crippen molar-refractivity contribution in [2.45, 2.75) is 12.3 Å². The molecule has 0 aliphatic carbocycles. The van der Waals surface area contributed by atoms with Crippen LogP contribution in [0.3, 0.4) is 0 Å². The summed E-state index contributed by atoms with van der Waals surface area (Å²) in [5, 5.41) is 56.6. The van der Waals surface area contributed by atoms with E-state index in [2.05, 4.69) is 31.0 Å². The zero-order chi connectivity index (χ0) is 29.9. The maximum absolute atomic E-state index is 14.7. The Kier molecular flexibility index (Phi) is 7.77. The van der Waals surface area contributed by atoms with Crippen molar-refractivity contribution in [2.75, 3.05) is 16.0 Å². The van der Waals surface area contributed by atoms with Crippen LogP contribution in [0.2, 0.25) is 0 Å². The van der Waals surface area contributed by atoms with Crippen LogP contribution in [0, 0.1) is 5.82 Å². The van der Waals surface area contributed by atoms with E-state index in [-0.39, 0.29) is 40.0 Å². The SMILES string of the molecule is O=C(C=C(O)O)Nc1ccc(F)c(Nc2nc(Nc3cnn(C(O)(O)O)c3)ncc2-c2ccc(C(F)(F)F)cc2)c1. The van der Waals surface area contributed by atoms with Gasteiger partial charge in [0.2, 0.25) is 5.95 Å². The molecule has 0 unspecified atom stereocenters. The zero-order valence-electron chi connectivity index (χ0n) is 20.3. The van der Waals surface area contributed by atoms with Crippen molar-refractivity contribution in [1.82, 2.24) is 19.7 Å². The molecule has 8 N–H and O–H groups in total. The van der Waals surface area contributed by atoms with Crippen molar-refractivity contribution in [3.8, 4) is 11.1 Å². The molecule has 17 heteroatoms. The van der Waals surface area contributed by atoms with Crippen molar-refractivity contribution in [3.05, 3.63) is 84.5 Å². The molecule has 0 spiro atoms. The molecule has 0 saturated heterocycles. The molecule has 0 aliphatic heterocycles. The Bertz CT molecular complexity index is 1600. The molecule has 1 amide bonds. The molecule has 0 radical (unpaired) electrons. The number of anilines is 5. The summed E-state index contributed by atoms with van der Waals surface area (Å²) in [6, 6.07) is 7.32. The van der Waals surface area contributed by atoms with E-state index in [4.69, 9.17) is 10.2 Å². The number of aliphatic hydroxyl groups excluding tert-OH is 1. The van der Waals surface area contributed by atoms with Gasteiger partial charge in [0.25, 0.3) is 11.9 Å². The number of nitrogens with one attached hydrogen (secondary N) is 3. The molecule has 41 heavy (non-hydrogen) atoms. The summed E-state index contributed by atoms with van der Waals surface area (Å²) in [4.78, 5) is 20.1. The first-order valence-electron chi connectivity index (χ1n) is 11.2. The van der Waals surface area contributed by atoms with Crippen molar-refractivity contribution in [2.24, 2.45) is 0 Å². The molecule has 2 heterocycles. The van der Waals surface area contributed by atoms with Crippen LogP contribution in [-0.4, -0.2) is 51.2 Å². The molecule has 0 fully saturated rings. The number of benzene rings is 2. The zero-order valence-corrected chi connectivity index (χ0v) is 20.3. The highest BCUT2D eigenvalue weighted by Gasteiger charge is 2.30. The molecular weight excluding hydrogens is 558 g/mol. The van der Waals surface area contributed by atoms with Gasteiger partial charge in [-0.05, 0) is 35.9 Å². The van der Waals surface area contributed by atoms with E-state index in [0.717, 1.165) is 48.8 Å². The van der Waals surface area contributed by atoms with Gasteiger partial charge < -0.3 is 41.5 Å². The largest absolute Gasteiger partial charge is 0.481 e. The van der Waals surface area contributed by atoms with Crippen LogP contribution in [0.25, 0.3) is 11.1 Å². The third-order valence-electron chi connectivity index (χ3n) is 5.21. The second-order valence-corrected chi connectivity index (χ2v) is 8.24. The minimum Gasteiger partial charge on any atom is -0.481 e. The maximum atomic E-state index is 14.7. The monoisotopic (exact) mass is 577 g/mol. The molecule has 0 atom stereocenters. The van der Waals surface area contributed by atoms with Crippen molar-refractivity contribution >= 4 is 34.7 Å². The maximum Gasteiger partial charge on any atom is 0.416 e. The molecule has 0 aliphatic rings. The highest BCUT2D eigenvalue weighted by atomic mass is 19.4. The van der Waals surface area contributed by atoms with Gasteiger partial charge in [-0.2, -0.15) is 27.9 Å². The number of amides is 1. The van der Waals surface area contributed by atoms with Gasteiger partial charge >= 0.3 is 12.3 Å². The number of nitrogens with zero attached hydrogens (tertiary/aromatic N) is 4. The summed E-state index contributed by atoms with van der Waals surface area (Å²) in [5.41, 5.74) is -0.669. The standard InChI is InChI=1S/C24H19F4N7O6/c25-17-6-5-14(31-19(36)8-20(37)38)7-18(17)33-21-16(12-1-3-13(4-2-12)23(26,27)28)10-29-22(34-21)32-15-9-30-35(11-15)24(39,40)41/h1-11,37-41H,(H,31,36)(H2,29,32,33,34). The highest BCUT2D eigenvalue weighted by Crippen LogP contribution is 2.34. The molecule has 0 saturated carbocycles. The fourth-order valence-corrected chi connectivity index (χ4v) is 3.39. The molecule has 4 rings (SSSR count). The van der Waals surface area contributed by atoms with Gasteiger partial charge in [-0.1, -0.05) is 12.1 Å². The van der Waals surface area contributed by atoms with Crippen LogP contribution in [0.4, 0.5) is 46.4 Å². The molecule has 0 bridgehead atoms. The third kappa shape index (κ3) is 7.24. The molecule has 13 nitrogen and oxygen atoms in total. The first-order chi connectivity index (χ1) is 19.2. The quantitative estimate of drug-likeness (QED) is 0.0661. The van der Waals surface area contributed by atoms with Gasteiger partial charge in [-0.3, -0.25) is 4.79 Å². The van der Waals surface area contributed by atoms with Crippen LogP contribution in [0.5, 0.6) is 0 Å². The van der Waals surface area contributed by atoms with Crippen LogP contribution in [-0.2, 0) is 17.1 Å².